The fourth-order valence-electron chi connectivity index (χ4n) is 3.52. The van der Waals surface area contributed by atoms with Crippen molar-refractivity contribution in [2.45, 2.75) is 0 Å². The molecule has 2 aliphatic heterocycles. The predicted octanol–water partition coefficient (Wildman–Crippen LogP) is 3.53. The van der Waals surface area contributed by atoms with Gasteiger partial charge in [-0.2, -0.15) is 0 Å². The van der Waals surface area contributed by atoms with Crippen LogP contribution in [0.25, 0.3) is 5.57 Å². The van der Waals surface area contributed by atoms with Crippen LogP contribution >= 0.6 is 11.6 Å². The average Bonchev–Trinajstić information content (AvgIpc) is 3.05. The van der Waals surface area contributed by atoms with Crippen LogP contribution in [0.4, 0.5) is 17.1 Å². The van der Waals surface area contributed by atoms with Crippen molar-refractivity contribution in [1.82, 2.24) is 4.90 Å². The Balaban J connectivity index is 1.27. The van der Waals surface area contributed by atoms with Gasteiger partial charge in [-0.3, -0.25) is 9.69 Å². The minimum absolute atomic E-state index is 0.0936. The smallest absolute Gasteiger partial charge is 0.256 e. The highest BCUT2D eigenvalue weighted by molar-refractivity contribution is 6.34. The van der Waals surface area contributed by atoms with Gasteiger partial charge in [0.1, 0.15) is 0 Å². The number of anilines is 3. The molecule has 0 aromatic heterocycles. The molecule has 0 unspecified atom stereocenters. The van der Waals surface area contributed by atoms with Crippen molar-refractivity contribution in [3.05, 3.63) is 59.1 Å². The molecule has 4 rings (SSSR count). The zero-order valence-electron chi connectivity index (χ0n) is 16.2. The summed E-state index contributed by atoms with van der Waals surface area (Å²) < 4.78 is 5.37. The predicted molar refractivity (Wildman–Crippen MR) is 119 cm³/mol. The molecule has 3 N–H and O–H groups in total. The number of hydrogen-bond acceptors (Lipinski definition) is 5. The second kappa shape index (κ2) is 9.31. The number of fused-ring (bicyclic) bond motifs is 1. The molecule has 2 aromatic rings. The molecule has 0 bridgehead atoms. The van der Waals surface area contributed by atoms with Gasteiger partial charge < -0.3 is 20.7 Å². The summed E-state index contributed by atoms with van der Waals surface area (Å²) in [6.45, 7) is 6.16. The van der Waals surface area contributed by atoms with E-state index in [0.29, 0.717) is 17.1 Å². The van der Waals surface area contributed by atoms with E-state index in [0.717, 1.165) is 62.0 Å². The zero-order valence-corrected chi connectivity index (χ0v) is 17.0. The number of amides is 1. The molecule has 1 amide bonds. The van der Waals surface area contributed by atoms with Gasteiger partial charge in [0, 0.05) is 65.9 Å². The van der Waals surface area contributed by atoms with Gasteiger partial charge in [0.05, 0.1) is 13.2 Å². The van der Waals surface area contributed by atoms with Gasteiger partial charge in [0.2, 0.25) is 0 Å². The molecule has 7 heteroatoms. The number of rotatable bonds is 7. The Kier molecular flexibility index (Phi) is 6.34. The molecule has 0 atom stereocenters. The third-order valence-corrected chi connectivity index (χ3v) is 5.36. The standard InChI is InChI=1S/C22H25ClN4O2/c23-16-1-6-21-20(15-16)19(22(28)26-21)7-8-24-17-2-4-18(5-3-17)25-9-10-27-11-13-29-14-12-27/h1-7,15,24-25H,8-14H2,(H,26,28). The van der Waals surface area contributed by atoms with Crippen molar-refractivity contribution < 1.29 is 9.53 Å². The number of nitrogens with one attached hydrogen (secondary N) is 3. The number of morpholine rings is 1. The van der Waals surface area contributed by atoms with E-state index in [1.54, 1.807) is 6.07 Å². The largest absolute Gasteiger partial charge is 0.384 e. The van der Waals surface area contributed by atoms with Crippen LogP contribution in [0, 0.1) is 0 Å². The maximum Gasteiger partial charge on any atom is 0.256 e. The van der Waals surface area contributed by atoms with E-state index < -0.39 is 0 Å². The Morgan fingerprint density at radius 2 is 1.79 bits per heavy atom. The first-order chi connectivity index (χ1) is 14.2. The summed E-state index contributed by atoms with van der Waals surface area (Å²) in [6, 6.07) is 13.6. The van der Waals surface area contributed by atoms with Crippen molar-refractivity contribution in [2.75, 3.05) is 61.9 Å². The highest BCUT2D eigenvalue weighted by Crippen LogP contribution is 2.33. The second-order valence-corrected chi connectivity index (χ2v) is 7.54. The lowest BCUT2D eigenvalue weighted by Gasteiger charge is -2.26. The Bertz CT molecular complexity index is 892. The van der Waals surface area contributed by atoms with Crippen LogP contribution in [0.3, 0.4) is 0 Å². The van der Waals surface area contributed by atoms with E-state index in [1.165, 1.54) is 0 Å². The van der Waals surface area contributed by atoms with Gasteiger partial charge in [-0.25, -0.2) is 0 Å². The summed E-state index contributed by atoms with van der Waals surface area (Å²) in [7, 11) is 0. The van der Waals surface area contributed by atoms with Crippen LogP contribution < -0.4 is 16.0 Å². The summed E-state index contributed by atoms with van der Waals surface area (Å²) in [4.78, 5) is 14.6. The molecule has 29 heavy (non-hydrogen) atoms. The molecule has 152 valence electrons. The van der Waals surface area contributed by atoms with Gasteiger partial charge >= 0.3 is 0 Å². The quantitative estimate of drug-likeness (QED) is 0.607. The molecular formula is C22H25ClN4O2. The molecule has 0 saturated carbocycles. The zero-order chi connectivity index (χ0) is 20.1. The first-order valence-electron chi connectivity index (χ1n) is 9.88. The number of ether oxygens (including phenoxy) is 1. The summed E-state index contributed by atoms with van der Waals surface area (Å²) >= 11 is 6.07. The van der Waals surface area contributed by atoms with Gasteiger partial charge in [0.25, 0.3) is 5.91 Å². The van der Waals surface area contributed by atoms with Crippen LogP contribution in [0.5, 0.6) is 0 Å². The van der Waals surface area contributed by atoms with E-state index in [1.807, 2.05) is 30.3 Å². The minimum atomic E-state index is -0.0936. The molecule has 2 heterocycles. The summed E-state index contributed by atoms with van der Waals surface area (Å²) in [5.41, 5.74) is 4.41. The SMILES string of the molecule is O=C1Nc2ccc(Cl)cc2C1=CCNc1ccc(NCCN2CCOCC2)cc1. The lowest BCUT2D eigenvalue weighted by molar-refractivity contribution is -0.110. The summed E-state index contributed by atoms with van der Waals surface area (Å²) in [6.07, 6.45) is 1.89. The number of halogens is 1. The van der Waals surface area contributed by atoms with Crippen molar-refractivity contribution in [1.29, 1.82) is 0 Å². The monoisotopic (exact) mass is 412 g/mol. The molecule has 2 aliphatic rings. The molecule has 0 radical (unpaired) electrons. The highest BCUT2D eigenvalue weighted by atomic mass is 35.5. The maximum absolute atomic E-state index is 12.2. The van der Waals surface area contributed by atoms with E-state index in [-0.39, 0.29) is 5.91 Å². The number of carbonyl (C=O) groups excluding carboxylic acids is 1. The van der Waals surface area contributed by atoms with Crippen LogP contribution in [-0.2, 0) is 9.53 Å². The fraction of sp³-hybridized carbons (Fsp3) is 0.318. The summed E-state index contributed by atoms with van der Waals surface area (Å²) in [5.74, 6) is -0.0936. The highest BCUT2D eigenvalue weighted by Gasteiger charge is 2.23. The van der Waals surface area contributed by atoms with Crippen molar-refractivity contribution in [2.24, 2.45) is 0 Å². The third-order valence-electron chi connectivity index (χ3n) is 5.12. The van der Waals surface area contributed by atoms with Crippen LogP contribution in [0.2, 0.25) is 5.02 Å². The Labute approximate surface area is 175 Å². The normalized spacial score (nSPS) is 17.8. The van der Waals surface area contributed by atoms with Gasteiger partial charge in [-0.15, -0.1) is 0 Å². The number of benzene rings is 2. The number of hydrogen-bond donors (Lipinski definition) is 3. The Morgan fingerprint density at radius 3 is 2.55 bits per heavy atom. The fourth-order valence-corrected chi connectivity index (χ4v) is 3.70. The Morgan fingerprint density at radius 1 is 1.07 bits per heavy atom. The molecule has 0 spiro atoms. The maximum atomic E-state index is 12.2. The van der Waals surface area contributed by atoms with E-state index in [9.17, 15) is 4.79 Å². The van der Waals surface area contributed by atoms with E-state index >= 15 is 0 Å². The van der Waals surface area contributed by atoms with Crippen molar-refractivity contribution >= 4 is 40.1 Å². The number of carbonyl (C=O) groups is 1. The molecular weight excluding hydrogens is 388 g/mol. The van der Waals surface area contributed by atoms with E-state index in [2.05, 4.69) is 33.0 Å². The van der Waals surface area contributed by atoms with Gasteiger partial charge in [0.15, 0.2) is 0 Å². The topological polar surface area (TPSA) is 65.6 Å². The lowest BCUT2D eigenvalue weighted by atomic mass is 10.1. The first-order valence-corrected chi connectivity index (χ1v) is 10.3. The van der Waals surface area contributed by atoms with Crippen LogP contribution in [0.1, 0.15) is 5.56 Å². The van der Waals surface area contributed by atoms with Crippen molar-refractivity contribution in [3.63, 3.8) is 0 Å². The van der Waals surface area contributed by atoms with Crippen molar-refractivity contribution in [3.8, 4) is 0 Å². The summed E-state index contributed by atoms with van der Waals surface area (Å²) in [5, 5.41) is 10.3. The first kappa shape index (κ1) is 19.8. The minimum Gasteiger partial charge on any atom is -0.384 e. The second-order valence-electron chi connectivity index (χ2n) is 7.10. The third kappa shape index (κ3) is 5.09. The lowest BCUT2D eigenvalue weighted by Crippen LogP contribution is -2.38. The Hall–Kier alpha value is -2.54. The molecule has 2 aromatic carbocycles. The number of nitrogens with zero attached hydrogens (tertiary/aromatic N) is 1. The molecule has 1 saturated heterocycles. The van der Waals surface area contributed by atoms with E-state index in [4.69, 9.17) is 16.3 Å². The van der Waals surface area contributed by atoms with Gasteiger partial charge in [-0.1, -0.05) is 17.7 Å². The average molecular weight is 413 g/mol. The van der Waals surface area contributed by atoms with Gasteiger partial charge in [-0.05, 0) is 42.5 Å². The van der Waals surface area contributed by atoms with Crippen LogP contribution in [-0.4, -0.2) is 56.7 Å². The molecule has 0 aliphatic carbocycles. The molecule has 6 nitrogen and oxygen atoms in total. The molecule has 1 fully saturated rings. The van der Waals surface area contributed by atoms with Crippen LogP contribution in [0.15, 0.2) is 48.5 Å².